The fourth-order valence-corrected chi connectivity index (χ4v) is 1.10. The van der Waals surface area contributed by atoms with Gasteiger partial charge in [0.15, 0.2) is 0 Å². The Morgan fingerprint density at radius 2 is 1.80 bits per heavy atom. The SMILES string of the molecule is CCCCCS(=O)(=O)O.[CaH2]. The monoisotopic (exact) mass is 194 g/mol. The van der Waals surface area contributed by atoms with E-state index in [1.807, 2.05) is 6.92 Å². The molecule has 0 heterocycles. The third-order valence-corrected chi connectivity index (χ3v) is 1.81. The summed E-state index contributed by atoms with van der Waals surface area (Å²) in [6, 6.07) is 0. The molecule has 0 rings (SSSR count). The van der Waals surface area contributed by atoms with Crippen LogP contribution in [0.25, 0.3) is 0 Å². The van der Waals surface area contributed by atoms with E-state index in [2.05, 4.69) is 0 Å². The van der Waals surface area contributed by atoms with Gasteiger partial charge in [0.25, 0.3) is 10.1 Å². The molecule has 0 aliphatic carbocycles. The van der Waals surface area contributed by atoms with Gasteiger partial charge in [0, 0.05) is 0 Å². The van der Waals surface area contributed by atoms with Gasteiger partial charge in [0.1, 0.15) is 0 Å². The van der Waals surface area contributed by atoms with Gasteiger partial charge >= 0.3 is 37.7 Å². The van der Waals surface area contributed by atoms with Crippen LogP contribution in [-0.4, -0.2) is 56.5 Å². The predicted molar refractivity (Wildman–Crippen MR) is 44.5 cm³/mol. The zero-order valence-electron chi connectivity index (χ0n) is 5.50. The normalized spacial score (nSPS) is 10.6. The molecule has 0 bridgehead atoms. The van der Waals surface area contributed by atoms with E-state index in [1.54, 1.807) is 0 Å². The second-order valence-corrected chi connectivity index (χ2v) is 3.57. The van der Waals surface area contributed by atoms with Gasteiger partial charge in [-0.3, -0.25) is 4.55 Å². The Kier molecular flexibility index (Phi) is 9.42. The molecule has 0 aliphatic rings. The third-order valence-electron chi connectivity index (χ3n) is 1.01. The van der Waals surface area contributed by atoms with Crippen molar-refractivity contribution in [2.45, 2.75) is 26.2 Å². The molecule has 0 fully saturated rings. The maximum absolute atomic E-state index is 10.1. The topological polar surface area (TPSA) is 54.4 Å². The fourth-order valence-electron chi connectivity index (χ4n) is 0.534. The molecule has 0 radical (unpaired) electrons. The molecule has 0 aromatic heterocycles. The van der Waals surface area contributed by atoms with Crippen molar-refractivity contribution >= 4 is 47.9 Å². The van der Waals surface area contributed by atoms with Gasteiger partial charge < -0.3 is 0 Å². The predicted octanol–water partition coefficient (Wildman–Crippen LogP) is 0.148. The number of hydrogen-bond donors (Lipinski definition) is 1. The van der Waals surface area contributed by atoms with Crippen LogP contribution < -0.4 is 0 Å². The van der Waals surface area contributed by atoms with Crippen LogP contribution in [0.15, 0.2) is 0 Å². The number of unbranched alkanes of at least 4 members (excludes halogenated alkanes) is 2. The summed E-state index contributed by atoms with van der Waals surface area (Å²) in [5, 5.41) is 0. The van der Waals surface area contributed by atoms with Crippen LogP contribution >= 0.6 is 0 Å². The van der Waals surface area contributed by atoms with Crippen LogP contribution in [0.4, 0.5) is 0 Å². The first kappa shape index (κ1) is 13.7. The minimum absolute atomic E-state index is 0. The van der Waals surface area contributed by atoms with Gasteiger partial charge in [-0.05, 0) is 6.42 Å². The molecular formula is C5H14CaO3S. The van der Waals surface area contributed by atoms with E-state index in [9.17, 15) is 8.42 Å². The summed E-state index contributed by atoms with van der Waals surface area (Å²) in [7, 11) is -3.70. The molecule has 0 aromatic carbocycles. The Hall–Kier alpha value is 1.17. The molecule has 0 atom stereocenters. The standard InChI is InChI=1S/C5H12O3S.Ca.2H/c1-2-3-4-5-9(6,7)8;;;/h2-5H2,1H3,(H,6,7,8);;;. The van der Waals surface area contributed by atoms with Gasteiger partial charge in [-0.25, -0.2) is 0 Å². The van der Waals surface area contributed by atoms with Crippen molar-refractivity contribution in [1.29, 1.82) is 0 Å². The minimum atomic E-state index is -3.70. The molecule has 1 N–H and O–H groups in total. The first-order chi connectivity index (χ1) is 4.06. The summed E-state index contributed by atoms with van der Waals surface area (Å²) in [6.45, 7) is 1.98. The zero-order chi connectivity index (χ0) is 7.33. The van der Waals surface area contributed by atoms with Crippen molar-refractivity contribution in [2.75, 3.05) is 5.75 Å². The average Bonchev–Trinajstić information content (AvgIpc) is 1.63. The van der Waals surface area contributed by atoms with Gasteiger partial charge in [-0.2, -0.15) is 8.42 Å². The van der Waals surface area contributed by atoms with Crippen molar-refractivity contribution in [3.8, 4) is 0 Å². The van der Waals surface area contributed by atoms with Gasteiger partial charge in [0.05, 0.1) is 5.75 Å². The third kappa shape index (κ3) is 11.9. The Bertz CT molecular complexity index is 152. The Morgan fingerprint density at radius 3 is 2.10 bits per heavy atom. The van der Waals surface area contributed by atoms with E-state index in [4.69, 9.17) is 4.55 Å². The maximum atomic E-state index is 10.1. The van der Waals surface area contributed by atoms with Crippen molar-refractivity contribution in [2.24, 2.45) is 0 Å². The van der Waals surface area contributed by atoms with Gasteiger partial charge in [0.2, 0.25) is 0 Å². The molecule has 0 saturated carbocycles. The molecule has 0 aromatic rings. The number of rotatable bonds is 4. The Morgan fingerprint density at radius 1 is 1.30 bits per heavy atom. The number of hydrogen-bond acceptors (Lipinski definition) is 2. The first-order valence-corrected chi connectivity index (χ1v) is 4.62. The van der Waals surface area contributed by atoms with E-state index in [0.29, 0.717) is 6.42 Å². The molecule has 0 spiro atoms. The first-order valence-electron chi connectivity index (χ1n) is 3.01. The fraction of sp³-hybridized carbons (Fsp3) is 1.00. The summed E-state index contributed by atoms with van der Waals surface area (Å²) >= 11 is 0. The molecule has 0 unspecified atom stereocenters. The van der Waals surface area contributed by atoms with Crippen LogP contribution in [0.2, 0.25) is 0 Å². The summed E-state index contributed by atoms with van der Waals surface area (Å²) in [4.78, 5) is 0. The van der Waals surface area contributed by atoms with Crippen LogP contribution in [-0.2, 0) is 10.1 Å². The Balaban J connectivity index is 0. The summed E-state index contributed by atoms with van der Waals surface area (Å²) in [5.41, 5.74) is 0. The molecule has 0 saturated heterocycles. The van der Waals surface area contributed by atoms with E-state index < -0.39 is 10.1 Å². The van der Waals surface area contributed by atoms with E-state index >= 15 is 0 Å². The molecule has 3 nitrogen and oxygen atoms in total. The van der Waals surface area contributed by atoms with Crippen LogP contribution in [0.3, 0.4) is 0 Å². The zero-order valence-corrected chi connectivity index (χ0v) is 6.32. The van der Waals surface area contributed by atoms with Crippen molar-refractivity contribution in [1.82, 2.24) is 0 Å². The second kappa shape index (κ2) is 6.85. The summed E-state index contributed by atoms with van der Waals surface area (Å²) in [5.74, 6) is -0.0964. The van der Waals surface area contributed by atoms with Crippen molar-refractivity contribution < 1.29 is 13.0 Å². The van der Waals surface area contributed by atoms with E-state index in [0.717, 1.165) is 12.8 Å². The summed E-state index contributed by atoms with van der Waals surface area (Å²) < 4.78 is 28.3. The molecule has 60 valence electrons. The molecule has 0 aliphatic heterocycles. The van der Waals surface area contributed by atoms with Crippen LogP contribution in [0.5, 0.6) is 0 Å². The van der Waals surface area contributed by atoms with Crippen LogP contribution in [0, 0.1) is 0 Å². The van der Waals surface area contributed by atoms with E-state index in [-0.39, 0.29) is 43.5 Å². The molecule has 5 heteroatoms. The van der Waals surface area contributed by atoms with Crippen LogP contribution in [0.1, 0.15) is 26.2 Å². The second-order valence-electron chi connectivity index (χ2n) is 1.99. The van der Waals surface area contributed by atoms with Crippen molar-refractivity contribution in [3.63, 3.8) is 0 Å². The quantitative estimate of drug-likeness (QED) is 0.394. The molecule has 0 amide bonds. The Labute approximate surface area is 91.9 Å². The van der Waals surface area contributed by atoms with Gasteiger partial charge in [-0.1, -0.05) is 19.8 Å². The van der Waals surface area contributed by atoms with Gasteiger partial charge in [-0.15, -0.1) is 0 Å². The van der Waals surface area contributed by atoms with E-state index in [1.165, 1.54) is 0 Å². The van der Waals surface area contributed by atoms with Crippen molar-refractivity contribution in [3.05, 3.63) is 0 Å². The molecular weight excluding hydrogens is 180 g/mol. The average molecular weight is 194 g/mol. The summed E-state index contributed by atoms with van der Waals surface area (Å²) in [6.07, 6.45) is 2.39. The molecule has 10 heavy (non-hydrogen) atoms.